The highest BCUT2D eigenvalue weighted by Crippen LogP contribution is 2.31. The number of carbonyl (C=O) groups excluding carboxylic acids is 1. The van der Waals surface area contributed by atoms with E-state index < -0.39 is 9.84 Å². The van der Waals surface area contributed by atoms with Gasteiger partial charge in [-0.05, 0) is 36.4 Å². The second-order valence-corrected chi connectivity index (χ2v) is 10.5. The number of rotatable bonds is 4. The Hall–Kier alpha value is -2.16. The van der Waals surface area contributed by atoms with Gasteiger partial charge in [0.2, 0.25) is 0 Å². The standard InChI is InChI=1S/C20H20ClN3O3S2/c1-2-29(26,27)16-5-3-4-14(12-16)19(25)23-8-10-24(11-9-23)20-22-17-7-6-15(21)13-18(17)28-20/h3-7,12-13H,2,8-11H2,1H3. The van der Waals surface area contributed by atoms with Crippen LogP contribution in [0.3, 0.4) is 0 Å². The summed E-state index contributed by atoms with van der Waals surface area (Å²) < 4.78 is 25.2. The first-order valence-corrected chi connectivity index (χ1v) is 12.2. The number of thiazole rings is 1. The molecule has 0 spiro atoms. The van der Waals surface area contributed by atoms with E-state index in [0.29, 0.717) is 36.8 Å². The van der Waals surface area contributed by atoms with Crippen molar-refractivity contribution >= 4 is 54.0 Å². The number of nitrogens with zero attached hydrogens (tertiary/aromatic N) is 3. The topological polar surface area (TPSA) is 70.6 Å². The summed E-state index contributed by atoms with van der Waals surface area (Å²) in [7, 11) is -3.34. The molecule has 29 heavy (non-hydrogen) atoms. The number of hydrogen-bond acceptors (Lipinski definition) is 6. The van der Waals surface area contributed by atoms with Crippen LogP contribution in [-0.4, -0.2) is 56.1 Å². The van der Waals surface area contributed by atoms with Crippen molar-refractivity contribution in [1.82, 2.24) is 9.88 Å². The lowest BCUT2D eigenvalue weighted by molar-refractivity contribution is 0.0746. The maximum Gasteiger partial charge on any atom is 0.254 e. The molecule has 0 aliphatic carbocycles. The number of carbonyl (C=O) groups is 1. The quantitative estimate of drug-likeness (QED) is 0.607. The van der Waals surface area contributed by atoms with Crippen LogP contribution in [0.4, 0.5) is 5.13 Å². The van der Waals surface area contributed by atoms with E-state index >= 15 is 0 Å². The molecule has 0 radical (unpaired) electrons. The second kappa shape index (κ2) is 7.93. The van der Waals surface area contributed by atoms with Crippen LogP contribution >= 0.6 is 22.9 Å². The van der Waals surface area contributed by atoms with Gasteiger partial charge in [0.1, 0.15) is 0 Å². The fraction of sp³-hybridized carbons (Fsp3) is 0.300. The largest absolute Gasteiger partial charge is 0.345 e. The number of amides is 1. The highest BCUT2D eigenvalue weighted by atomic mass is 35.5. The lowest BCUT2D eigenvalue weighted by Gasteiger charge is -2.34. The third-order valence-corrected chi connectivity index (χ3v) is 8.04. The van der Waals surface area contributed by atoms with Gasteiger partial charge >= 0.3 is 0 Å². The molecule has 1 fully saturated rings. The van der Waals surface area contributed by atoms with E-state index in [4.69, 9.17) is 11.6 Å². The lowest BCUT2D eigenvalue weighted by Crippen LogP contribution is -2.48. The van der Waals surface area contributed by atoms with E-state index in [-0.39, 0.29) is 16.6 Å². The van der Waals surface area contributed by atoms with Gasteiger partial charge in [-0.3, -0.25) is 4.79 Å². The number of piperazine rings is 1. The summed E-state index contributed by atoms with van der Waals surface area (Å²) in [6.07, 6.45) is 0. The number of anilines is 1. The minimum atomic E-state index is -3.34. The summed E-state index contributed by atoms with van der Waals surface area (Å²) in [6.45, 7) is 4.05. The van der Waals surface area contributed by atoms with Crippen LogP contribution in [0.25, 0.3) is 10.2 Å². The Labute approximate surface area is 178 Å². The highest BCUT2D eigenvalue weighted by molar-refractivity contribution is 7.91. The number of aromatic nitrogens is 1. The number of sulfone groups is 1. The Bertz CT molecular complexity index is 1170. The number of hydrogen-bond donors (Lipinski definition) is 0. The summed E-state index contributed by atoms with van der Waals surface area (Å²) in [6, 6.07) is 12.0. The normalized spacial score (nSPS) is 15.1. The van der Waals surface area contributed by atoms with Crippen LogP contribution in [0.5, 0.6) is 0 Å². The van der Waals surface area contributed by atoms with E-state index in [9.17, 15) is 13.2 Å². The molecule has 6 nitrogen and oxygen atoms in total. The summed E-state index contributed by atoms with van der Waals surface area (Å²) in [5, 5.41) is 1.61. The first-order chi connectivity index (χ1) is 13.9. The summed E-state index contributed by atoms with van der Waals surface area (Å²) in [5.74, 6) is -0.134. The van der Waals surface area contributed by atoms with Gasteiger partial charge in [-0.15, -0.1) is 0 Å². The molecule has 0 unspecified atom stereocenters. The molecule has 3 aromatic rings. The molecule has 0 bridgehead atoms. The van der Waals surface area contributed by atoms with Crippen LogP contribution in [0, 0.1) is 0 Å². The van der Waals surface area contributed by atoms with Crippen molar-refractivity contribution in [2.75, 3.05) is 36.8 Å². The van der Waals surface area contributed by atoms with Crippen LogP contribution < -0.4 is 4.90 Å². The maximum atomic E-state index is 12.9. The molecule has 1 aliphatic rings. The summed E-state index contributed by atoms with van der Waals surface area (Å²) in [4.78, 5) is 21.7. The molecule has 1 aromatic heterocycles. The smallest absolute Gasteiger partial charge is 0.254 e. The van der Waals surface area contributed by atoms with Gasteiger partial charge in [0.25, 0.3) is 5.91 Å². The van der Waals surface area contributed by atoms with E-state index in [0.717, 1.165) is 15.3 Å². The van der Waals surface area contributed by atoms with Crippen molar-refractivity contribution in [3.63, 3.8) is 0 Å². The number of fused-ring (bicyclic) bond motifs is 1. The molecule has 4 rings (SSSR count). The molecule has 152 valence electrons. The van der Waals surface area contributed by atoms with Gasteiger partial charge in [0, 0.05) is 36.8 Å². The Morgan fingerprint density at radius 2 is 1.90 bits per heavy atom. The Kier molecular flexibility index (Phi) is 5.50. The molecular weight excluding hydrogens is 430 g/mol. The van der Waals surface area contributed by atoms with Gasteiger partial charge in [-0.25, -0.2) is 13.4 Å². The summed E-state index contributed by atoms with van der Waals surface area (Å²) >= 11 is 7.65. The van der Waals surface area contributed by atoms with Crippen LogP contribution in [0.1, 0.15) is 17.3 Å². The van der Waals surface area contributed by atoms with E-state index in [1.807, 2.05) is 18.2 Å². The van der Waals surface area contributed by atoms with Crippen LogP contribution in [-0.2, 0) is 9.84 Å². The second-order valence-electron chi connectivity index (χ2n) is 6.82. The third-order valence-electron chi connectivity index (χ3n) is 5.00. The Morgan fingerprint density at radius 3 is 2.62 bits per heavy atom. The zero-order chi connectivity index (χ0) is 20.6. The molecule has 2 heterocycles. The maximum absolute atomic E-state index is 12.9. The Morgan fingerprint density at radius 1 is 1.14 bits per heavy atom. The van der Waals surface area contributed by atoms with Gasteiger partial charge in [0.15, 0.2) is 15.0 Å². The van der Waals surface area contributed by atoms with Crippen molar-refractivity contribution in [3.05, 3.63) is 53.1 Å². The molecule has 0 N–H and O–H groups in total. The van der Waals surface area contributed by atoms with Gasteiger partial charge < -0.3 is 9.80 Å². The SMILES string of the molecule is CCS(=O)(=O)c1cccc(C(=O)N2CCN(c3nc4ccc(Cl)cc4s3)CC2)c1. The van der Waals surface area contributed by atoms with E-state index in [1.54, 1.807) is 35.3 Å². The fourth-order valence-electron chi connectivity index (χ4n) is 3.29. The predicted octanol–water partition coefficient (Wildman–Crippen LogP) is 3.71. The minimum Gasteiger partial charge on any atom is -0.345 e. The minimum absolute atomic E-state index is 0.0106. The zero-order valence-electron chi connectivity index (χ0n) is 15.8. The molecule has 9 heteroatoms. The first-order valence-electron chi connectivity index (χ1n) is 9.30. The van der Waals surface area contributed by atoms with Crippen LogP contribution in [0.15, 0.2) is 47.4 Å². The number of halogens is 1. The first kappa shape index (κ1) is 20.1. The molecular formula is C20H20ClN3O3S2. The van der Waals surface area contributed by atoms with Crippen molar-refractivity contribution < 1.29 is 13.2 Å². The highest BCUT2D eigenvalue weighted by Gasteiger charge is 2.25. The summed E-state index contributed by atoms with van der Waals surface area (Å²) in [5.41, 5.74) is 1.32. The zero-order valence-corrected chi connectivity index (χ0v) is 18.2. The molecule has 1 saturated heterocycles. The molecule has 0 saturated carbocycles. The van der Waals surface area contributed by atoms with Crippen molar-refractivity contribution in [2.45, 2.75) is 11.8 Å². The fourth-order valence-corrected chi connectivity index (χ4v) is 5.51. The van der Waals surface area contributed by atoms with Crippen molar-refractivity contribution in [2.24, 2.45) is 0 Å². The van der Waals surface area contributed by atoms with Crippen molar-refractivity contribution in [3.8, 4) is 0 Å². The van der Waals surface area contributed by atoms with Gasteiger partial charge in [0.05, 0.1) is 20.9 Å². The average Bonchev–Trinajstić information content (AvgIpc) is 3.16. The Balaban J connectivity index is 1.46. The average molecular weight is 450 g/mol. The third kappa shape index (κ3) is 4.10. The van der Waals surface area contributed by atoms with E-state index in [1.165, 1.54) is 12.1 Å². The van der Waals surface area contributed by atoms with Crippen LogP contribution in [0.2, 0.25) is 5.02 Å². The monoisotopic (exact) mass is 449 g/mol. The molecule has 1 aliphatic heterocycles. The van der Waals surface area contributed by atoms with Crippen molar-refractivity contribution in [1.29, 1.82) is 0 Å². The molecule has 1 amide bonds. The molecule has 0 atom stereocenters. The molecule has 2 aromatic carbocycles. The predicted molar refractivity (Wildman–Crippen MR) is 117 cm³/mol. The van der Waals surface area contributed by atoms with Gasteiger partial charge in [-0.2, -0.15) is 0 Å². The lowest BCUT2D eigenvalue weighted by atomic mass is 10.2. The number of benzene rings is 2. The van der Waals surface area contributed by atoms with Gasteiger partial charge in [-0.1, -0.05) is 35.9 Å². The van der Waals surface area contributed by atoms with E-state index in [2.05, 4.69) is 9.88 Å².